The molecule has 6 heteroatoms. The zero-order valence-electron chi connectivity index (χ0n) is 11.0. The summed E-state index contributed by atoms with van der Waals surface area (Å²) in [5.41, 5.74) is 5.55. The fourth-order valence-corrected chi connectivity index (χ4v) is 1.68. The van der Waals surface area contributed by atoms with E-state index in [0.717, 1.165) is 18.7 Å². The van der Waals surface area contributed by atoms with Crippen LogP contribution in [0.1, 0.15) is 57.3 Å². The van der Waals surface area contributed by atoms with Gasteiger partial charge >= 0.3 is 0 Å². The Labute approximate surface area is 106 Å². The van der Waals surface area contributed by atoms with Crippen LogP contribution in [0.4, 0.5) is 0 Å². The molecule has 1 saturated carbocycles. The summed E-state index contributed by atoms with van der Waals surface area (Å²) < 4.78 is 5.25. The van der Waals surface area contributed by atoms with Gasteiger partial charge in [0.05, 0.1) is 6.04 Å². The zero-order chi connectivity index (χ0) is 13.3. The molecule has 3 N–H and O–H groups in total. The standard InChI is InChI=1S/C12H20N4O2/c1-6(2)9(14-11(17)7(3)13)12-15-10(16-18-12)8-4-5-8/h6-9H,4-5,13H2,1-3H3,(H,14,17)/t7-,9?/m1/s1. The second kappa shape index (κ2) is 5.06. The smallest absolute Gasteiger partial charge is 0.249 e. The first-order chi connectivity index (χ1) is 8.49. The van der Waals surface area contributed by atoms with E-state index in [4.69, 9.17) is 10.3 Å². The monoisotopic (exact) mass is 252 g/mol. The fourth-order valence-electron chi connectivity index (χ4n) is 1.68. The van der Waals surface area contributed by atoms with Crippen molar-refractivity contribution in [3.05, 3.63) is 11.7 Å². The first-order valence-corrected chi connectivity index (χ1v) is 6.38. The van der Waals surface area contributed by atoms with Crippen molar-refractivity contribution in [1.29, 1.82) is 0 Å². The van der Waals surface area contributed by atoms with Gasteiger partial charge in [-0.15, -0.1) is 0 Å². The lowest BCUT2D eigenvalue weighted by atomic mass is 10.0. The minimum Gasteiger partial charge on any atom is -0.343 e. The van der Waals surface area contributed by atoms with Crippen LogP contribution in [-0.2, 0) is 4.79 Å². The molecule has 1 heterocycles. The number of nitrogens with two attached hydrogens (primary N) is 1. The maximum absolute atomic E-state index is 11.7. The highest BCUT2D eigenvalue weighted by Gasteiger charge is 2.31. The Morgan fingerprint density at radius 3 is 2.61 bits per heavy atom. The van der Waals surface area contributed by atoms with Gasteiger partial charge in [0.2, 0.25) is 11.8 Å². The summed E-state index contributed by atoms with van der Waals surface area (Å²) in [5, 5.41) is 6.81. The quantitative estimate of drug-likeness (QED) is 0.818. The average molecular weight is 252 g/mol. The van der Waals surface area contributed by atoms with Crippen LogP contribution >= 0.6 is 0 Å². The lowest BCUT2D eigenvalue weighted by molar-refractivity contribution is -0.123. The van der Waals surface area contributed by atoms with E-state index in [2.05, 4.69) is 15.5 Å². The van der Waals surface area contributed by atoms with Gasteiger partial charge in [0, 0.05) is 5.92 Å². The molecule has 0 saturated heterocycles. The van der Waals surface area contributed by atoms with Crippen LogP contribution in [0.15, 0.2) is 4.52 Å². The normalized spacial score (nSPS) is 18.7. The highest BCUT2D eigenvalue weighted by molar-refractivity contribution is 5.81. The van der Waals surface area contributed by atoms with Crippen LogP contribution in [0.3, 0.4) is 0 Å². The molecular formula is C12H20N4O2. The van der Waals surface area contributed by atoms with E-state index < -0.39 is 6.04 Å². The Hall–Kier alpha value is -1.43. The van der Waals surface area contributed by atoms with Gasteiger partial charge in [-0.25, -0.2) is 0 Å². The molecule has 0 aliphatic heterocycles. The second-order valence-electron chi connectivity index (χ2n) is 5.28. The number of rotatable bonds is 5. The minimum atomic E-state index is -0.544. The number of hydrogen-bond donors (Lipinski definition) is 2. The number of carbonyl (C=O) groups excluding carboxylic acids is 1. The summed E-state index contributed by atoms with van der Waals surface area (Å²) in [6.07, 6.45) is 2.25. The molecule has 2 rings (SSSR count). The van der Waals surface area contributed by atoms with Crippen molar-refractivity contribution in [2.45, 2.75) is 51.6 Å². The number of amides is 1. The molecule has 1 fully saturated rings. The molecule has 2 atom stereocenters. The van der Waals surface area contributed by atoms with Crippen molar-refractivity contribution in [2.75, 3.05) is 0 Å². The van der Waals surface area contributed by atoms with Crippen molar-refractivity contribution in [1.82, 2.24) is 15.5 Å². The van der Waals surface area contributed by atoms with Crippen molar-refractivity contribution >= 4 is 5.91 Å². The molecule has 1 unspecified atom stereocenters. The third kappa shape index (κ3) is 2.87. The van der Waals surface area contributed by atoms with E-state index in [0.29, 0.717) is 11.8 Å². The van der Waals surface area contributed by atoms with Gasteiger partial charge in [-0.2, -0.15) is 4.98 Å². The van der Waals surface area contributed by atoms with Crippen LogP contribution in [0, 0.1) is 5.92 Å². The molecular weight excluding hydrogens is 232 g/mol. The molecule has 6 nitrogen and oxygen atoms in total. The number of carbonyl (C=O) groups is 1. The molecule has 100 valence electrons. The molecule has 1 amide bonds. The van der Waals surface area contributed by atoms with Crippen LogP contribution in [0.2, 0.25) is 0 Å². The summed E-state index contributed by atoms with van der Waals surface area (Å²) in [7, 11) is 0. The van der Waals surface area contributed by atoms with Gasteiger partial charge in [0.1, 0.15) is 6.04 Å². The molecule has 0 radical (unpaired) electrons. The predicted octanol–water partition coefficient (Wildman–Crippen LogP) is 1.11. The summed E-state index contributed by atoms with van der Waals surface area (Å²) in [5.74, 6) is 1.63. The van der Waals surface area contributed by atoms with Crippen molar-refractivity contribution in [3.63, 3.8) is 0 Å². The molecule has 1 aromatic heterocycles. The van der Waals surface area contributed by atoms with Crippen LogP contribution in [0.5, 0.6) is 0 Å². The largest absolute Gasteiger partial charge is 0.343 e. The third-order valence-electron chi connectivity index (χ3n) is 3.04. The zero-order valence-corrected chi connectivity index (χ0v) is 11.0. The van der Waals surface area contributed by atoms with Crippen LogP contribution < -0.4 is 11.1 Å². The van der Waals surface area contributed by atoms with E-state index in [1.807, 2.05) is 13.8 Å². The Kier molecular flexibility index (Phi) is 3.65. The average Bonchev–Trinajstić information content (AvgIpc) is 3.04. The Morgan fingerprint density at radius 2 is 2.11 bits per heavy atom. The van der Waals surface area contributed by atoms with Crippen LogP contribution in [-0.4, -0.2) is 22.1 Å². The number of nitrogens with zero attached hydrogens (tertiary/aromatic N) is 2. The summed E-state index contributed by atoms with van der Waals surface area (Å²) in [6.45, 7) is 5.64. The highest BCUT2D eigenvalue weighted by Crippen LogP contribution is 2.38. The SMILES string of the molecule is CC(C)C(NC(=O)[C@@H](C)N)c1nc(C2CC2)no1. The van der Waals surface area contributed by atoms with Crippen molar-refractivity contribution < 1.29 is 9.32 Å². The molecule has 1 aliphatic rings. The summed E-state index contributed by atoms with van der Waals surface area (Å²) >= 11 is 0. The molecule has 18 heavy (non-hydrogen) atoms. The van der Waals surface area contributed by atoms with Gasteiger partial charge in [-0.05, 0) is 25.7 Å². The van der Waals surface area contributed by atoms with Crippen LogP contribution in [0.25, 0.3) is 0 Å². The number of nitrogens with one attached hydrogen (secondary N) is 1. The van der Waals surface area contributed by atoms with E-state index in [-0.39, 0.29) is 17.9 Å². The first-order valence-electron chi connectivity index (χ1n) is 6.38. The lowest BCUT2D eigenvalue weighted by Crippen LogP contribution is -2.41. The van der Waals surface area contributed by atoms with E-state index in [1.165, 1.54) is 0 Å². The van der Waals surface area contributed by atoms with Crippen molar-refractivity contribution in [2.24, 2.45) is 11.7 Å². The molecule has 0 spiro atoms. The van der Waals surface area contributed by atoms with E-state index >= 15 is 0 Å². The maximum Gasteiger partial charge on any atom is 0.249 e. The Balaban J connectivity index is 2.10. The topological polar surface area (TPSA) is 94.0 Å². The Bertz CT molecular complexity index is 423. The Morgan fingerprint density at radius 1 is 1.44 bits per heavy atom. The number of hydrogen-bond acceptors (Lipinski definition) is 5. The van der Waals surface area contributed by atoms with Gasteiger partial charge in [-0.3, -0.25) is 4.79 Å². The van der Waals surface area contributed by atoms with E-state index in [9.17, 15) is 4.79 Å². The molecule has 1 aromatic rings. The van der Waals surface area contributed by atoms with Gasteiger partial charge in [0.15, 0.2) is 5.82 Å². The second-order valence-corrected chi connectivity index (χ2v) is 5.28. The molecule has 1 aliphatic carbocycles. The fraction of sp³-hybridized carbons (Fsp3) is 0.750. The van der Waals surface area contributed by atoms with Gasteiger partial charge in [-0.1, -0.05) is 19.0 Å². The minimum absolute atomic E-state index is 0.167. The lowest BCUT2D eigenvalue weighted by Gasteiger charge is -2.19. The summed E-state index contributed by atoms with van der Waals surface area (Å²) in [6, 6.07) is -0.819. The third-order valence-corrected chi connectivity index (χ3v) is 3.04. The van der Waals surface area contributed by atoms with E-state index in [1.54, 1.807) is 6.92 Å². The van der Waals surface area contributed by atoms with Gasteiger partial charge in [0.25, 0.3) is 0 Å². The van der Waals surface area contributed by atoms with Gasteiger partial charge < -0.3 is 15.6 Å². The first kappa shape index (κ1) is 13.0. The molecule has 0 bridgehead atoms. The highest BCUT2D eigenvalue weighted by atomic mass is 16.5. The number of aromatic nitrogens is 2. The molecule has 0 aromatic carbocycles. The van der Waals surface area contributed by atoms with Crippen molar-refractivity contribution in [3.8, 4) is 0 Å². The predicted molar refractivity (Wildman–Crippen MR) is 65.6 cm³/mol. The summed E-state index contributed by atoms with van der Waals surface area (Å²) in [4.78, 5) is 16.0. The maximum atomic E-state index is 11.7.